The Bertz CT molecular complexity index is 118. The number of aliphatic hydroxyl groups excluding tert-OH is 2. The average Bonchev–Trinajstić information content (AvgIpc) is 1.93. The van der Waals surface area contributed by atoms with Crippen LogP contribution in [0.3, 0.4) is 0 Å². The molecule has 0 aromatic carbocycles. The normalized spacial score (nSPS) is 29.0. The first-order chi connectivity index (χ1) is 4.29. The molecule has 1 atom stereocenters. The van der Waals surface area contributed by atoms with Gasteiger partial charge in [-0.1, -0.05) is 6.42 Å². The summed E-state index contributed by atoms with van der Waals surface area (Å²) in [4.78, 5) is 0. The molecule has 2 heteroatoms. The third-order valence-corrected chi connectivity index (χ3v) is 1.57. The molecule has 0 aromatic rings. The summed E-state index contributed by atoms with van der Waals surface area (Å²) >= 11 is 0. The summed E-state index contributed by atoms with van der Waals surface area (Å²) in [5, 5.41) is 18.0. The molecular weight excluding hydrogens is 116 g/mol. The van der Waals surface area contributed by atoms with E-state index in [0.717, 1.165) is 25.7 Å². The van der Waals surface area contributed by atoms with Crippen LogP contribution >= 0.6 is 0 Å². The quantitative estimate of drug-likeness (QED) is 0.517. The lowest BCUT2D eigenvalue weighted by molar-refractivity contribution is 0.208. The van der Waals surface area contributed by atoms with Gasteiger partial charge in [0, 0.05) is 6.42 Å². The molecule has 0 heterocycles. The van der Waals surface area contributed by atoms with Gasteiger partial charge < -0.3 is 10.2 Å². The summed E-state index contributed by atoms with van der Waals surface area (Å²) in [6, 6.07) is 0. The van der Waals surface area contributed by atoms with Crippen molar-refractivity contribution in [3.8, 4) is 0 Å². The van der Waals surface area contributed by atoms with E-state index in [1.54, 1.807) is 0 Å². The van der Waals surface area contributed by atoms with E-state index >= 15 is 0 Å². The average molecular weight is 128 g/mol. The van der Waals surface area contributed by atoms with E-state index in [9.17, 15) is 0 Å². The third kappa shape index (κ3) is 2.06. The molecule has 0 aliphatic heterocycles. The first kappa shape index (κ1) is 6.62. The van der Waals surface area contributed by atoms with Crippen LogP contribution in [0, 0.1) is 0 Å². The standard InChI is InChI=1S/C7H12O2/c8-6-3-1-2-4-7(9)5-6/h5-6,8-9H,1-4H2. The van der Waals surface area contributed by atoms with Gasteiger partial charge in [-0.3, -0.25) is 0 Å². The van der Waals surface area contributed by atoms with Gasteiger partial charge in [-0.25, -0.2) is 0 Å². The minimum Gasteiger partial charge on any atom is -0.513 e. The molecule has 1 aliphatic carbocycles. The molecule has 2 N–H and O–H groups in total. The van der Waals surface area contributed by atoms with E-state index < -0.39 is 6.10 Å². The molecule has 0 fully saturated rings. The van der Waals surface area contributed by atoms with Crippen LogP contribution in [0.25, 0.3) is 0 Å². The van der Waals surface area contributed by atoms with E-state index in [4.69, 9.17) is 10.2 Å². The molecule has 9 heavy (non-hydrogen) atoms. The van der Waals surface area contributed by atoms with Gasteiger partial charge in [0.15, 0.2) is 0 Å². The van der Waals surface area contributed by atoms with Crippen molar-refractivity contribution >= 4 is 0 Å². The lowest BCUT2D eigenvalue weighted by Gasteiger charge is -1.98. The molecule has 0 aromatic heterocycles. The van der Waals surface area contributed by atoms with Gasteiger partial charge in [0.25, 0.3) is 0 Å². The molecule has 1 aliphatic rings. The van der Waals surface area contributed by atoms with E-state index in [2.05, 4.69) is 0 Å². The highest BCUT2D eigenvalue weighted by Crippen LogP contribution is 2.14. The first-order valence-corrected chi connectivity index (χ1v) is 3.37. The Labute approximate surface area is 54.8 Å². The summed E-state index contributed by atoms with van der Waals surface area (Å²) < 4.78 is 0. The van der Waals surface area contributed by atoms with Crippen LogP contribution < -0.4 is 0 Å². The maximum Gasteiger partial charge on any atom is 0.0908 e. The maximum atomic E-state index is 9.02. The Kier molecular flexibility index (Phi) is 2.11. The van der Waals surface area contributed by atoms with Crippen LogP contribution in [-0.2, 0) is 0 Å². The summed E-state index contributed by atoms with van der Waals surface area (Å²) in [7, 11) is 0. The lowest BCUT2D eigenvalue weighted by Crippen LogP contribution is -1.99. The molecule has 0 radical (unpaired) electrons. The van der Waals surface area contributed by atoms with E-state index in [0.29, 0.717) is 5.76 Å². The van der Waals surface area contributed by atoms with Crippen molar-refractivity contribution < 1.29 is 10.2 Å². The molecule has 0 spiro atoms. The van der Waals surface area contributed by atoms with Crippen molar-refractivity contribution in [2.45, 2.75) is 31.8 Å². The van der Waals surface area contributed by atoms with E-state index in [1.807, 2.05) is 0 Å². The van der Waals surface area contributed by atoms with Crippen LogP contribution in [-0.4, -0.2) is 16.3 Å². The van der Waals surface area contributed by atoms with Crippen LogP contribution in [0.4, 0.5) is 0 Å². The second-order valence-electron chi connectivity index (χ2n) is 2.47. The van der Waals surface area contributed by atoms with Crippen molar-refractivity contribution in [1.82, 2.24) is 0 Å². The Morgan fingerprint density at radius 1 is 1.44 bits per heavy atom. The van der Waals surface area contributed by atoms with Crippen LogP contribution in [0.1, 0.15) is 25.7 Å². The highest BCUT2D eigenvalue weighted by molar-refractivity contribution is 4.97. The molecule has 1 unspecified atom stereocenters. The Morgan fingerprint density at radius 3 is 3.00 bits per heavy atom. The predicted molar refractivity (Wildman–Crippen MR) is 35.2 cm³/mol. The van der Waals surface area contributed by atoms with Gasteiger partial charge in [-0.2, -0.15) is 0 Å². The van der Waals surface area contributed by atoms with E-state index in [-0.39, 0.29) is 0 Å². The fraction of sp³-hybridized carbons (Fsp3) is 0.714. The monoisotopic (exact) mass is 128 g/mol. The summed E-state index contributed by atoms with van der Waals surface area (Å²) in [5.41, 5.74) is 0. The van der Waals surface area contributed by atoms with E-state index in [1.165, 1.54) is 6.08 Å². The van der Waals surface area contributed by atoms with Crippen LogP contribution in [0.15, 0.2) is 11.8 Å². The second-order valence-corrected chi connectivity index (χ2v) is 2.47. The topological polar surface area (TPSA) is 40.5 Å². The molecule has 0 saturated heterocycles. The van der Waals surface area contributed by atoms with Crippen LogP contribution in [0.2, 0.25) is 0 Å². The van der Waals surface area contributed by atoms with Gasteiger partial charge in [0.05, 0.1) is 11.9 Å². The summed E-state index contributed by atoms with van der Waals surface area (Å²) in [6.45, 7) is 0. The van der Waals surface area contributed by atoms with Crippen LogP contribution in [0.5, 0.6) is 0 Å². The smallest absolute Gasteiger partial charge is 0.0908 e. The zero-order valence-corrected chi connectivity index (χ0v) is 5.38. The fourth-order valence-corrected chi connectivity index (χ4v) is 1.05. The summed E-state index contributed by atoms with van der Waals surface area (Å²) in [6.07, 6.45) is 4.67. The molecular formula is C7H12O2. The van der Waals surface area contributed by atoms with Crippen molar-refractivity contribution in [3.05, 3.63) is 11.8 Å². The number of hydrogen-bond donors (Lipinski definition) is 2. The second kappa shape index (κ2) is 2.87. The molecule has 1 rings (SSSR count). The molecule has 0 saturated carbocycles. The number of aliphatic hydroxyl groups is 2. The molecule has 2 nitrogen and oxygen atoms in total. The van der Waals surface area contributed by atoms with Gasteiger partial charge >= 0.3 is 0 Å². The third-order valence-electron chi connectivity index (χ3n) is 1.57. The van der Waals surface area contributed by atoms with Crippen molar-refractivity contribution in [2.24, 2.45) is 0 Å². The Morgan fingerprint density at radius 2 is 2.22 bits per heavy atom. The number of rotatable bonds is 0. The van der Waals surface area contributed by atoms with Crippen molar-refractivity contribution in [3.63, 3.8) is 0 Å². The largest absolute Gasteiger partial charge is 0.513 e. The summed E-state index contributed by atoms with van der Waals surface area (Å²) in [5.74, 6) is 0.347. The maximum absolute atomic E-state index is 9.02. The minimum absolute atomic E-state index is 0.347. The Balaban J connectivity index is 2.49. The zero-order chi connectivity index (χ0) is 6.69. The SMILES string of the molecule is OC1=CC(O)CCCC1. The lowest BCUT2D eigenvalue weighted by atomic mass is 10.2. The van der Waals surface area contributed by atoms with Gasteiger partial charge in [-0.15, -0.1) is 0 Å². The molecule has 0 bridgehead atoms. The van der Waals surface area contributed by atoms with Crippen molar-refractivity contribution in [2.75, 3.05) is 0 Å². The van der Waals surface area contributed by atoms with Crippen molar-refractivity contribution in [1.29, 1.82) is 0 Å². The minimum atomic E-state index is -0.410. The van der Waals surface area contributed by atoms with Gasteiger partial charge in [-0.05, 0) is 18.9 Å². The fourth-order valence-electron chi connectivity index (χ4n) is 1.05. The zero-order valence-electron chi connectivity index (χ0n) is 5.38. The van der Waals surface area contributed by atoms with Gasteiger partial charge in [0.2, 0.25) is 0 Å². The number of hydrogen-bond acceptors (Lipinski definition) is 2. The first-order valence-electron chi connectivity index (χ1n) is 3.37. The molecule has 52 valence electrons. The molecule has 0 amide bonds. The predicted octanol–water partition coefficient (Wildman–Crippen LogP) is 1.36. The number of allylic oxidation sites excluding steroid dienone is 1. The highest BCUT2D eigenvalue weighted by Gasteiger charge is 2.06. The van der Waals surface area contributed by atoms with Gasteiger partial charge in [0.1, 0.15) is 0 Å². The highest BCUT2D eigenvalue weighted by atomic mass is 16.3. The Hall–Kier alpha value is -0.500.